The Kier molecular flexibility index (Phi) is 6.16. The monoisotopic (exact) mass is 375 g/mol. The Labute approximate surface area is 158 Å². The molecular formula is C19H25N3O5. The summed E-state index contributed by atoms with van der Waals surface area (Å²) < 4.78 is 10.8. The van der Waals surface area contributed by atoms with E-state index < -0.39 is 0 Å². The molecule has 0 bridgehead atoms. The van der Waals surface area contributed by atoms with Crippen LogP contribution in [0.2, 0.25) is 0 Å². The molecular weight excluding hydrogens is 350 g/mol. The van der Waals surface area contributed by atoms with E-state index >= 15 is 0 Å². The molecule has 1 aromatic rings. The molecule has 1 aromatic carbocycles. The molecule has 27 heavy (non-hydrogen) atoms. The summed E-state index contributed by atoms with van der Waals surface area (Å²) >= 11 is 0. The fourth-order valence-corrected chi connectivity index (χ4v) is 3.41. The number of methoxy groups -OCH3 is 1. The maximum atomic E-state index is 12.6. The van der Waals surface area contributed by atoms with E-state index in [0.29, 0.717) is 51.6 Å². The molecule has 2 heterocycles. The van der Waals surface area contributed by atoms with E-state index in [1.54, 1.807) is 21.8 Å². The quantitative estimate of drug-likeness (QED) is 0.637. The summed E-state index contributed by atoms with van der Waals surface area (Å²) in [5, 5.41) is 0. The zero-order chi connectivity index (χ0) is 19.2. The summed E-state index contributed by atoms with van der Waals surface area (Å²) in [5.41, 5.74) is 0. The van der Waals surface area contributed by atoms with Crippen LogP contribution in [0.15, 0.2) is 24.3 Å². The Balaban J connectivity index is 1.44. The minimum Gasteiger partial charge on any atom is -0.497 e. The van der Waals surface area contributed by atoms with Crippen LogP contribution in [0.25, 0.3) is 0 Å². The van der Waals surface area contributed by atoms with Gasteiger partial charge >= 0.3 is 0 Å². The van der Waals surface area contributed by atoms with Crippen LogP contribution in [0.4, 0.5) is 0 Å². The molecule has 8 heteroatoms. The summed E-state index contributed by atoms with van der Waals surface area (Å²) in [6.07, 6.45) is 1.06. The molecule has 1 atom stereocenters. The molecule has 1 unspecified atom stereocenters. The number of benzene rings is 1. The third-order valence-corrected chi connectivity index (χ3v) is 5.03. The highest BCUT2D eigenvalue weighted by Gasteiger charge is 2.37. The number of carbonyl (C=O) groups excluding carboxylic acids is 3. The van der Waals surface area contributed by atoms with Crippen molar-refractivity contribution in [3.8, 4) is 11.5 Å². The molecule has 0 N–H and O–H groups in total. The number of hydrogen-bond acceptors (Lipinski definition) is 5. The van der Waals surface area contributed by atoms with Gasteiger partial charge in [0.1, 0.15) is 18.1 Å². The Morgan fingerprint density at radius 2 is 1.81 bits per heavy atom. The van der Waals surface area contributed by atoms with Gasteiger partial charge in [-0.2, -0.15) is 0 Å². The van der Waals surface area contributed by atoms with Crippen molar-refractivity contribution in [1.82, 2.24) is 14.7 Å². The summed E-state index contributed by atoms with van der Waals surface area (Å²) in [5.74, 6) is 1.16. The zero-order valence-electron chi connectivity index (χ0n) is 15.5. The maximum Gasteiger partial charge on any atom is 0.228 e. The molecule has 2 fully saturated rings. The normalized spacial score (nSPS) is 20.0. The third-order valence-electron chi connectivity index (χ3n) is 5.03. The smallest absolute Gasteiger partial charge is 0.228 e. The largest absolute Gasteiger partial charge is 0.497 e. The number of rotatable bonds is 7. The molecule has 2 aliphatic rings. The van der Waals surface area contributed by atoms with Crippen molar-refractivity contribution in [1.29, 1.82) is 0 Å². The first-order valence-electron chi connectivity index (χ1n) is 9.13. The van der Waals surface area contributed by atoms with Gasteiger partial charge in [-0.15, -0.1) is 0 Å². The first-order chi connectivity index (χ1) is 13.1. The SMILES string of the molecule is COc1ccc(OCCN2CC(C(=O)N3CCN(C=O)CC3)CC2=O)cc1. The minimum atomic E-state index is -0.304. The Morgan fingerprint density at radius 3 is 2.44 bits per heavy atom. The Bertz CT molecular complexity index is 670. The Morgan fingerprint density at radius 1 is 1.15 bits per heavy atom. The molecule has 8 nitrogen and oxygen atoms in total. The van der Waals surface area contributed by atoms with Crippen molar-refractivity contribution in [3.63, 3.8) is 0 Å². The van der Waals surface area contributed by atoms with Gasteiger partial charge in [0.25, 0.3) is 0 Å². The van der Waals surface area contributed by atoms with Crippen molar-refractivity contribution >= 4 is 18.2 Å². The second-order valence-electron chi connectivity index (χ2n) is 6.73. The van der Waals surface area contributed by atoms with Gasteiger partial charge < -0.3 is 24.2 Å². The van der Waals surface area contributed by atoms with E-state index in [1.807, 2.05) is 24.3 Å². The maximum absolute atomic E-state index is 12.6. The van der Waals surface area contributed by atoms with Crippen LogP contribution in [0.3, 0.4) is 0 Å². The van der Waals surface area contributed by atoms with Crippen LogP contribution in [-0.2, 0) is 14.4 Å². The molecule has 3 amide bonds. The van der Waals surface area contributed by atoms with Gasteiger partial charge in [-0.25, -0.2) is 0 Å². The van der Waals surface area contributed by atoms with Gasteiger partial charge in [0.15, 0.2) is 0 Å². The zero-order valence-corrected chi connectivity index (χ0v) is 15.5. The van der Waals surface area contributed by atoms with Crippen molar-refractivity contribution in [2.45, 2.75) is 6.42 Å². The number of piperazine rings is 1. The van der Waals surface area contributed by atoms with Crippen LogP contribution < -0.4 is 9.47 Å². The second-order valence-corrected chi connectivity index (χ2v) is 6.73. The molecule has 146 valence electrons. The van der Waals surface area contributed by atoms with Crippen LogP contribution in [0.1, 0.15) is 6.42 Å². The lowest BCUT2D eigenvalue weighted by Gasteiger charge is -2.33. The average molecular weight is 375 g/mol. The first-order valence-corrected chi connectivity index (χ1v) is 9.13. The molecule has 0 radical (unpaired) electrons. The summed E-state index contributed by atoms with van der Waals surface area (Å²) in [7, 11) is 1.61. The molecule has 0 aromatic heterocycles. The number of hydrogen-bond donors (Lipinski definition) is 0. The van der Waals surface area contributed by atoms with Gasteiger partial charge in [0.05, 0.1) is 19.6 Å². The standard InChI is InChI=1S/C19H25N3O5/c1-26-16-2-4-17(5-3-16)27-11-10-22-13-15(12-18(22)24)19(25)21-8-6-20(14-23)7-9-21/h2-5,14-15H,6-13H2,1H3. The Hall–Kier alpha value is -2.77. The number of likely N-dealkylation sites (tertiary alicyclic amines) is 1. The van der Waals surface area contributed by atoms with E-state index in [0.717, 1.165) is 12.2 Å². The predicted octanol–water partition coefficient (Wildman–Crippen LogP) is 0.223. The summed E-state index contributed by atoms with van der Waals surface area (Å²) in [6, 6.07) is 7.26. The van der Waals surface area contributed by atoms with E-state index in [1.165, 1.54) is 0 Å². The van der Waals surface area contributed by atoms with Crippen LogP contribution in [0.5, 0.6) is 11.5 Å². The minimum absolute atomic E-state index is 0.00692. The predicted molar refractivity (Wildman–Crippen MR) is 97.4 cm³/mol. The van der Waals surface area contributed by atoms with Crippen LogP contribution in [-0.4, -0.2) is 85.9 Å². The van der Waals surface area contributed by atoms with Gasteiger partial charge in [-0.05, 0) is 24.3 Å². The van der Waals surface area contributed by atoms with Crippen molar-refractivity contribution in [3.05, 3.63) is 24.3 Å². The van der Waals surface area contributed by atoms with Crippen molar-refractivity contribution in [2.75, 3.05) is 53.0 Å². The van der Waals surface area contributed by atoms with E-state index in [2.05, 4.69) is 0 Å². The topological polar surface area (TPSA) is 79.4 Å². The number of nitrogens with zero attached hydrogens (tertiary/aromatic N) is 3. The summed E-state index contributed by atoms with van der Waals surface area (Å²) in [4.78, 5) is 40.7. The first kappa shape index (κ1) is 19.0. The lowest BCUT2D eigenvalue weighted by molar-refractivity contribution is -0.139. The van der Waals surface area contributed by atoms with Gasteiger partial charge in [-0.3, -0.25) is 14.4 Å². The fourth-order valence-electron chi connectivity index (χ4n) is 3.41. The second kappa shape index (κ2) is 8.75. The number of amides is 3. The van der Waals surface area contributed by atoms with Crippen LogP contribution in [0, 0.1) is 5.92 Å². The highest BCUT2D eigenvalue weighted by molar-refractivity contribution is 5.89. The molecule has 0 spiro atoms. The third kappa shape index (κ3) is 4.69. The van der Waals surface area contributed by atoms with E-state index in [9.17, 15) is 14.4 Å². The summed E-state index contributed by atoms with van der Waals surface area (Å²) in [6.45, 7) is 3.42. The van der Waals surface area contributed by atoms with Crippen molar-refractivity contribution < 1.29 is 23.9 Å². The molecule has 3 rings (SSSR count). The van der Waals surface area contributed by atoms with Gasteiger partial charge in [-0.1, -0.05) is 0 Å². The van der Waals surface area contributed by atoms with Gasteiger partial charge in [0, 0.05) is 39.1 Å². The van der Waals surface area contributed by atoms with Crippen LogP contribution >= 0.6 is 0 Å². The molecule has 0 aliphatic carbocycles. The number of carbonyl (C=O) groups is 3. The average Bonchev–Trinajstić information content (AvgIpc) is 3.08. The van der Waals surface area contributed by atoms with E-state index in [-0.39, 0.29) is 24.2 Å². The van der Waals surface area contributed by atoms with E-state index in [4.69, 9.17) is 9.47 Å². The lowest BCUT2D eigenvalue weighted by atomic mass is 10.1. The van der Waals surface area contributed by atoms with Gasteiger partial charge in [0.2, 0.25) is 18.2 Å². The lowest BCUT2D eigenvalue weighted by Crippen LogP contribution is -2.50. The van der Waals surface area contributed by atoms with Crippen molar-refractivity contribution in [2.24, 2.45) is 5.92 Å². The fraction of sp³-hybridized carbons (Fsp3) is 0.526. The number of ether oxygens (including phenoxy) is 2. The molecule has 2 saturated heterocycles. The molecule has 0 saturated carbocycles. The highest BCUT2D eigenvalue weighted by atomic mass is 16.5. The highest BCUT2D eigenvalue weighted by Crippen LogP contribution is 2.21. The molecule has 2 aliphatic heterocycles.